The number of hydrogen-bond acceptors (Lipinski definition) is 4. The van der Waals surface area contributed by atoms with Gasteiger partial charge in [0.05, 0.1) is 11.6 Å². The Morgan fingerprint density at radius 2 is 2.10 bits per heavy atom. The van der Waals surface area contributed by atoms with Gasteiger partial charge in [0.1, 0.15) is 5.01 Å². The van der Waals surface area contributed by atoms with E-state index in [2.05, 4.69) is 22.6 Å². The monoisotopic (exact) mass is 290 g/mol. The van der Waals surface area contributed by atoms with Crippen molar-refractivity contribution in [3.8, 4) is 0 Å². The van der Waals surface area contributed by atoms with Crippen molar-refractivity contribution in [2.24, 2.45) is 0 Å². The molecule has 106 valence electrons. The second kappa shape index (κ2) is 6.63. The quantitative estimate of drug-likeness (QED) is 0.856. The fraction of sp³-hybridized carbons (Fsp3) is 0.333. The summed E-state index contributed by atoms with van der Waals surface area (Å²) in [6.07, 6.45) is 0.972. The summed E-state index contributed by atoms with van der Waals surface area (Å²) < 4.78 is 0. The van der Waals surface area contributed by atoms with Gasteiger partial charge >= 0.3 is 5.97 Å². The molecule has 2 aromatic rings. The average Bonchev–Trinajstić information content (AvgIpc) is 2.86. The molecule has 0 fully saturated rings. The smallest absolute Gasteiger partial charge is 0.335 e. The highest BCUT2D eigenvalue weighted by Gasteiger charge is 2.12. The maximum absolute atomic E-state index is 10.8. The molecule has 2 rings (SSSR count). The van der Waals surface area contributed by atoms with Gasteiger partial charge in [0.25, 0.3) is 0 Å². The minimum atomic E-state index is -0.894. The highest BCUT2D eigenvalue weighted by atomic mass is 32.1. The van der Waals surface area contributed by atoms with Gasteiger partial charge in [0.2, 0.25) is 0 Å². The lowest BCUT2D eigenvalue weighted by atomic mass is 10.1. The Labute approximate surface area is 122 Å². The van der Waals surface area contributed by atoms with Gasteiger partial charge in [-0.15, -0.1) is 11.3 Å². The van der Waals surface area contributed by atoms with Crippen molar-refractivity contribution in [2.45, 2.75) is 32.9 Å². The molecule has 1 aromatic carbocycles. The normalized spacial score (nSPS) is 12.3. The van der Waals surface area contributed by atoms with Crippen LogP contribution in [0.5, 0.6) is 0 Å². The molecule has 0 saturated heterocycles. The largest absolute Gasteiger partial charge is 0.478 e. The molecule has 0 bridgehead atoms. The van der Waals surface area contributed by atoms with Crippen molar-refractivity contribution >= 4 is 17.3 Å². The molecule has 2 N–H and O–H groups in total. The number of aromatic carboxylic acids is 1. The molecule has 5 heteroatoms. The zero-order valence-electron chi connectivity index (χ0n) is 11.6. The van der Waals surface area contributed by atoms with E-state index in [-0.39, 0.29) is 6.04 Å². The summed E-state index contributed by atoms with van der Waals surface area (Å²) in [5.74, 6) is -0.894. The summed E-state index contributed by atoms with van der Waals surface area (Å²) in [7, 11) is 0. The zero-order chi connectivity index (χ0) is 14.5. The topological polar surface area (TPSA) is 62.2 Å². The Morgan fingerprint density at radius 3 is 2.60 bits per heavy atom. The van der Waals surface area contributed by atoms with E-state index in [0.29, 0.717) is 12.1 Å². The number of aromatic nitrogens is 1. The van der Waals surface area contributed by atoms with Crippen LogP contribution < -0.4 is 5.32 Å². The molecule has 0 saturated carbocycles. The Hall–Kier alpha value is -1.72. The molecule has 0 amide bonds. The number of carboxylic acids is 1. The number of benzene rings is 1. The molecule has 0 aliphatic heterocycles. The Morgan fingerprint density at radius 1 is 1.40 bits per heavy atom. The number of carboxylic acid groups (broad SMARTS) is 1. The molecule has 0 spiro atoms. The third-order valence-corrected chi connectivity index (χ3v) is 4.17. The molecule has 4 nitrogen and oxygen atoms in total. The van der Waals surface area contributed by atoms with E-state index in [1.807, 2.05) is 19.1 Å². The minimum absolute atomic E-state index is 0.243. The third-order valence-electron chi connectivity index (χ3n) is 3.10. The van der Waals surface area contributed by atoms with Crippen LogP contribution in [0.1, 0.15) is 46.0 Å². The second-order valence-corrected chi connectivity index (χ2v) is 5.56. The number of thiazole rings is 1. The van der Waals surface area contributed by atoms with Crippen LogP contribution in [0, 0.1) is 6.92 Å². The van der Waals surface area contributed by atoms with Crippen LogP contribution in [0.4, 0.5) is 0 Å². The van der Waals surface area contributed by atoms with Crippen molar-refractivity contribution in [1.29, 1.82) is 0 Å². The Bertz CT molecular complexity index is 578. The zero-order valence-corrected chi connectivity index (χ0v) is 12.4. The van der Waals surface area contributed by atoms with Crippen LogP contribution in [-0.2, 0) is 6.54 Å². The lowest BCUT2D eigenvalue weighted by molar-refractivity contribution is 0.0697. The van der Waals surface area contributed by atoms with Gasteiger partial charge in [-0.1, -0.05) is 19.1 Å². The fourth-order valence-corrected chi connectivity index (χ4v) is 2.90. The van der Waals surface area contributed by atoms with E-state index in [4.69, 9.17) is 5.11 Å². The molecular weight excluding hydrogens is 272 g/mol. The molecular formula is C15H18N2O2S. The summed E-state index contributed by atoms with van der Waals surface area (Å²) in [5.41, 5.74) is 2.44. The standard InChI is InChI=1S/C15H18N2O2S/c1-3-13(14-17-10(2)9-20-14)16-8-11-4-6-12(7-5-11)15(18)19/h4-7,9,13,16H,3,8H2,1-2H3,(H,18,19). The summed E-state index contributed by atoms with van der Waals surface area (Å²) in [6, 6.07) is 7.20. The third kappa shape index (κ3) is 3.65. The number of aryl methyl sites for hydroxylation is 1. The van der Waals surface area contributed by atoms with Crippen LogP contribution in [0.25, 0.3) is 0 Å². The molecule has 20 heavy (non-hydrogen) atoms. The molecule has 0 aliphatic rings. The first kappa shape index (κ1) is 14.7. The van der Waals surface area contributed by atoms with Crippen LogP contribution in [-0.4, -0.2) is 16.1 Å². The molecule has 1 atom stereocenters. The van der Waals surface area contributed by atoms with Crippen molar-refractivity contribution in [3.05, 3.63) is 51.5 Å². The average molecular weight is 290 g/mol. The lowest BCUT2D eigenvalue weighted by Gasteiger charge is -2.14. The second-order valence-electron chi connectivity index (χ2n) is 4.67. The predicted octanol–water partition coefficient (Wildman–Crippen LogP) is 3.39. The molecule has 0 radical (unpaired) electrons. The van der Waals surface area contributed by atoms with Crippen LogP contribution in [0.2, 0.25) is 0 Å². The first-order chi connectivity index (χ1) is 9.60. The van der Waals surface area contributed by atoms with Crippen molar-refractivity contribution in [2.75, 3.05) is 0 Å². The van der Waals surface area contributed by atoms with Gasteiger partial charge in [-0.2, -0.15) is 0 Å². The van der Waals surface area contributed by atoms with Crippen LogP contribution >= 0.6 is 11.3 Å². The van der Waals surface area contributed by atoms with Gasteiger partial charge in [-0.25, -0.2) is 9.78 Å². The molecule has 0 aliphatic carbocycles. The van der Waals surface area contributed by atoms with Gasteiger partial charge in [0.15, 0.2) is 0 Å². The molecule has 1 heterocycles. The summed E-state index contributed by atoms with van der Waals surface area (Å²) in [4.78, 5) is 15.3. The van der Waals surface area contributed by atoms with E-state index in [0.717, 1.165) is 22.7 Å². The van der Waals surface area contributed by atoms with E-state index in [9.17, 15) is 4.79 Å². The van der Waals surface area contributed by atoms with Gasteiger partial charge in [-0.05, 0) is 31.0 Å². The number of nitrogens with one attached hydrogen (secondary N) is 1. The number of rotatable bonds is 6. The fourth-order valence-electron chi connectivity index (χ4n) is 1.94. The van der Waals surface area contributed by atoms with Gasteiger partial charge in [-0.3, -0.25) is 0 Å². The van der Waals surface area contributed by atoms with E-state index in [1.165, 1.54) is 0 Å². The Balaban J connectivity index is 1.98. The highest BCUT2D eigenvalue weighted by molar-refractivity contribution is 7.09. The van der Waals surface area contributed by atoms with Gasteiger partial charge in [0, 0.05) is 17.6 Å². The highest BCUT2D eigenvalue weighted by Crippen LogP contribution is 2.21. The minimum Gasteiger partial charge on any atom is -0.478 e. The first-order valence-corrected chi connectivity index (χ1v) is 7.45. The van der Waals surface area contributed by atoms with E-state index >= 15 is 0 Å². The van der Waals surface area contributed by atoms with Crippen molar-refractivity contribution in [1.82, 2.24) is 10.3 Å². The van der Waals surface area contributed by atoms with E-state index in [1.54, 1.807) is 23.5 Å². The van der Waals surface area contributed by atoms with E-state index < -0.39 is 5.97 Å². The molecule has 1 aromatic heterocycles. The van der Waals surface area contributed by atoms with Crippen LogP contribution in [0.3, 0.4) is 0 Å². The summed E-state index contributed by atoms with van der Waals surface area (Å²) >= 11 is 1.67. The first-order valence-electron chi connectivity index (χ1n) is 6.57. The maximum Gasteiger partial charge on any atom is 0.335 e. The lowest BCUT2D eigenvalue weighted by Crippen LogP contribution is -2.20. The van der Waals surface area contributed by atoms with Gasteiger partial charge < -0.3 is 10.4 Å². The van der Waals surface area contributed by atoms with Crippen molar-refractivity contribution < 1.29 is 9.90 Å². The maximum atomic E-state index is 10.8. The molecule has 1 unspecified atom stereocenters. The number of hydrogen-bond donors (Lipinski definition) is 2. The Kier molecular flexibility index (Phi) is 4.87. The number of carbonyl (C=O) groups is 1. The summed E-state index contributed by atoms with van der Waals surface area (Å²) in [5, 5.41) is 15.5. The van der Waals surface area contributed by atoms with Crippen molar-refractivity contribution in [3.63, 3.8) is 0 Å². The number of nitrogens with zero attached hydrogens (tertiary/aromatic N) is 1. The summed E-state index contributed by atoms with van der Waals surface area (Å²) in [6.45, 7) is 4.83. The predicted molar refractivity (Wildman–Crippen MR) is 80.1 cm³/mol. The van der Waals surface area contributed by atoms with Crippen LogP contribution in [0.15, 0.2) is 29.6 Å². The SMILES string of the molecule is CCC(NCc1ccc(C(=O)O)cc1)c1nc(C)cs1.